The van der Waals surface area contributed by atoms with Crippen LogP contribution in [0, 0.1) is 0 Å². The maximum atomic E-state index is 12.6. The lowest BCUT2D eigenvalue weighted by Gasteiger charge is -2.12. The first-order valence-corrected chi connectivity index (χ1v) is 11.8. The molecular formula is C23H21ClN4O2S. The SMILES string of the molecule is CCCCNS(=O)(=O)c1cncc(-c2nnc(Cl)c3c(-c4ccccc4)cccc23)c1. The summed E-state index contributed by atoms with van der Waals surface area (Å²) in [4.78, 5) is 4.23. The number of hydrogen-bond donors (Lipinski definition) is 1. The fourth-order valence-electron chi connectivity index (χ4n) is 3.40. The van der Waals surface area contributed by atoms with E-state index in [4.69, 9.17) is 11.6 Å². The van der Waals surface area contributed by atoms with E-state index in [0.717, 1.165) is 34.7 Å². The Morgan fingerprint density at radius 3 is 2.55 bits per heavy atom. The van der Waals surface area contributed by atoms with Gasteiger partial charge < -0.3 is 0 Å². The van der Waals surface area contributed by atoms with Gasteiger partial charge in [-0.05, 0) is 23.6 Å². The first-order chi connectivity index (χ1) is 15.0. The average Bonchev–Trinajstić information content (AvgIpc) is 2.80. The lowest BCUT2D eigenvalue weighted by Crippen LogP contribution is -2.24. The van der Waals surface area contributed by atoms with Gasteiger partial charge in [0.2, 0.25) is 10.0 Å². The molecule has 0 aliphatic carbocycles. The van der Waals surface area contributed by atoms with Crippen LogP contribution in [0.5, 0.6) is 0 Å². The summed E-state index contributed by atoms with van der Waals surface area (Å²) in [6.07, 6.45) is 4.58. The van der Waals surface area contributed by atoms with Crippen LogP contribution in [-0.2, 0) is 10.0 Å². The molecule has 0 unspecified atom stereocenters. The van der Waals surface area contributed by atoms with Crippen LogP contribution in [0.3, 0.4) is 0 Å². The maximum Gasteiger partial charge on any atom is 0.242 e. The Balaban J connectivity index is 1.84. The highest BCUT2D eigenvalue weighted by atomic mass is 35.5. The Bertz CT molecular complexity index is 1330. The molecule has 2 aromatic carbocycles. The lowest BCUT2D eigenvalue weighted by molar-refractivity contribution is 0.578. The molecule has 0 amide bonds. The molecule has 6 nitrogen and oxygen atoms in total. The largest absolute Gasteiger partial charge is 0.263 e. The van der Waals surface area contributed by atoms with Gasteiger partial charge in [0.15, 0.2) is 5.15 Å². The predicted molar refractivity (Wildman–Crippen MR) is 123 cm³/mol. The highest BCUT2D eigenvalue weighted by molar-refractivity contribution is 7.89. The topological polar surface area (TPSA) is 84.8 Å². The number of halogens is 1. The van der Waals surface area contributed by atoms with Gasteiger partial charge in [0.1, 0.15) is 10.6 Å². The lowest BCUT2D eigenvalue weighted by atomic mass is 9.97. The van der Waals surface area contributed by atoms with Crippen molar-refractivity contribution in [1.82, 2.24) is 19.9 Å². The van der Waals surface area contributed by atoms with Gasteiger partial charge in [0.25, 0.3) is 0 Å². The summed E-state index contributed by atoms with van der Waals surface area (Å²) < 4.78 is 27.9. The Labute approximate surface area is 186 Å². The number of benzene rings is 2. The van der Waals surface area contributed by atoms with E-state index in [9.17, 15) is 8.42 Å². The molecule has 0 spiro atoms. The first-order valence-electron chi connectivity index (χ1n) is 9.96. The molecule has 1 N–H and O–H groups in total. The van der Waals surface area contributed by atoms with Gasteiger partial charge >= 0.3 is 0 Å². The number of pyridine rings is 1. The van der Waals surface area contributed by atoms with Gasteiger partial charge in [-0.3, -0.25) is 4.98 Å². The molecule has 4 aromatic rings. The highest BCUT2D eigenvalue weighted by Gasteiger charge is 2.18. The normalized spacial score (nSPS) is 11.7. The van der Waals surface area contributed by atoms with Crippen LogP contribution in [0.2, 0.25) is 5.15 Å². The van der Waals surface area contributed by atoms with Gasteiger partial charge in [-0.2, -0.15) is 0 Å². The molecule has 0 aliphatic rings. The molecule has 0 fully saturated rings. The quantitative estimate of drug-likeness (QED) is 0.395. The van der Waals surface area contributed by atoms with Crippen LogP contribution in [0.25, 0.3) is 33.2 Å². The second-order valence-electron chi connectivity index (χ2n) is 7.09. The van der Waals surface area contributed by atoms with E-state index in [1.165, 1.54) is 6.20 Å². The molecule has 0 saturated carbocycles. The van der Waals surface area contributed by atoms with Gasteiger partial charge in [-0.1, -0.05) is 73.5 Å². The van der Waals surface area contributed by atoms with Crippen LogP contribution in [0.15, 0.2) is 71.9 Å². The molecule has 2 heterocycles. The Hall–Kier alpha value is -2.87. The molecule has 2 aromatic heterocycles. The van der Waals surface area contributed by atoms with E-state index in [0.29, 0.717) is 17.8 Å². The smallest absolute Gasteiger partial charge is 0.242 e. The monoisotopic (exact) mass is 452 g/mol. The van der Waals surface area contributed by atoms with Gasteiger partial charge in [0, 0.05) is 35.3 Å². The zero-order chi connectivity index (χ0) is 21.8. The second kappa shape index (κ2) is 9.09. The molecular weight excluding hydrogens is 432 g/mol. The predicted octanol–water partition coefficient (Wildman–Crippen LogP) is 5.09. The summed E-state index contributed by atoms with van der Waals surface area (Å²) in [5.41, 5.74) is 3.01. The van der Waals surface area contributed by atoms with Crippen molar-refractivity contribution in [2.24, 2.45) is 0 Å². The minimum absolute atomic E-state index is 0.0882. The van der Waals surface area contributed by atoms with E-state index in [2.05, 4.69) is 19.9 Å². The molecule has 0 bridgehead atoms. The third kappa shape index (κ3) is 4.44. The van der Waals surface area contributed by atoms with Crippen molar-refractivity contribution in [2.45, 2.75) is 24.7 Å². The summed E-state index contributed by atoms with van der Waals surface area (Å²) in [6, 6.07) is 17.2. The zero-order valence-electron chi connectivity index (χ0n) is 16.9. The van der Waals surface area contributed by atoms with Crippen LogP contribution >= 0.6 is 11.6 Å². The standard InChI is InChI=1S/C23H21ClN4O2S/c1-2-3-12-26-31(29,30)18-13-17(14-25-15-18)22-20-11-7-10-19(16-8-5-4-6-9-16)21(20)23(24)28-27-22/h4-11,13-15,26H,2-3,12H2,1H3. The van der Waals surface area contributed by atoms with Crippen molar-refractivity contribution >= 4 is 32.4 Å². The van der Waals surface area contributed by atoms with E-state index in [-0.39, 0.29) is 10.0 Å². The molecule has 0 aliphatic heterocycles. The number of nitrogens with one attached hydrogen (secondary N) is 1. The number of unbranched alkanes of at least 4 members (excludes halogenated alkanes) is 1. The van der Waals surface area contributed by atoms with E-state index >= 15 is 0 Å². The number of aromatic nitrogens is 3. The van der Waals surface area contributed by atoms with Crippen molar-refractivity contribution in [3.8, 4) is 22.4 Å². The Kier molecular flexibility index (Phi) is 6.27. The van der Waals surface area contributed by atoms with Gasteiger partial charge in [-0.25, -0.2) is 13.1 Å². The Morgan fingerprint density at radius 1 is 0.968 bits per heavy atom. The van der Waals surface area contributed by atoms with Gasteiger partial charge in [-0.15, -0.1) is 10.2 Å². The van der Waals surface area contributed by atoms with Crippen molar-refractivity contribution in [2.75, 3.05) is 6.54 Å². The fraction of sp³-hybridized carbons (Fsp3) is 0.174. The molecule has 4 rings (SSSR count). The highest BCUT2D eigenvalue weighted by Crippen LogP contribution is 2.36. The molecule has 8 heteroatoms. The summed E-state index contributed by atoms with van der Waals surface area (Å²) >= 11 is 6.45. The van der Waals surface area contributed by atoms with Crippen LogP contribution in [-0.4, -0.2) is 30.1 Å². The summed E-state index contributed by atoms with van der Waals surface area (Å²) in [6.45, 7) is 2.39. The zero-order valence-corrected chi connectivity index (χ0v) is 18.5. The van der Waals surface area contributed by atoms with Gasteiger partial charge in [0.05, 0.1) is 0 Å². The van der Waals surface area contributed by atoms with E-state index in [1.807, 2.05) is 55.5 Å². The minimum atomic E-state index is -3.66. The summed E-state index contributed by atoms with van der Waals surface area (Å²) in [7, 11) is -3.66. The van der Waals surface area contributed by atoms with Crippen molar-refractivity contribution in [3.63, 3.8) is 0 Å². The molecule has 0 saturated heterocycles. The summed E-state index contributed by atoms with van der Waals surface area (Å²) in [5.74, 6) is 0. The van der Waals surface area contributed by atoms with E-state index in [1.54, 1.807) is 12.3 Å². The maximum absolute atomic E-state index is 12.6. The van der Waals surface area contributed by atoms with Crippen molar-refractivity contribution < 1.29 is 8.42 Å². The van der Waals surface area contributed by atoms with Crippen molar-refractivity contribution in [3.05, 3.63) is 72.1 Å². The van der Waals surface area contributed by atoms with Crippen LogP contribution in [0.1, 0.15) is 19.8 Å². The van der Waals surface area contributed by atoms with Crippen molar-refractivity contribution in [1.29, 1.82) is 0 Å². The third-order valence-electron chi connectivity index (χ3n) is 4.97. The number of nitrogens with zero attached hydrogens (tertiary/aromatic N) is 3. The van der Waals surface area contributed by atoms with Crippen LogP contribution in [0.4, 0.5) is 0 Å². The fourth-order valence-corrected chi connectivity index (χ4v) is 4.71. The number of sulfonamides is 1. The first kappa shape index (κ1) is 21.4. The number of hydrogen-bond acceptors (Lipinski definition) is 5. The molecule has 0 atom stereocenters. The third-order valence-corrected chi connectivity index (χ3v) is 6.66. The molecule has 31 heavy (non-hydrogen) atoms. The summed E-state index contributed by atoms with van der Waals surface area (Å²) in [5, 5.41) is 10.2. The minimum Gasteiger partial charge on any atom is -0.263 e. The average molecular weight is 453 g/mol. The second-order valence-corrected chi connectivity index (χ2v) is 9.22. The number of fused-ring (bicyclic) bond motifs is 1. The molecule has 0 radical (unpaired) electrons. The number of rotatable bonds is 7. The van der Waals surface area contributed by atoms with Crippen LogP contribution < -0.4 is 4.72 Å². The van der Waals surface area contributed by atoms with E-state index < -0.39 is 10.0 Å². The Morgan fingerprint density at radius 2 is 1.77 bits per heavy atom. The molecule has 158 valence electrons.